The van der Waals surface area contributed by atoms with Gasteiger partial charge in [-0.1, -0.05) is 0 Å². The third kappa shape index (κ3) is 3.83. The predicted molar refractivity (Wildman–Crippen MR) is 48.0 cm³/mol. The molecule has 0 spiro atoms. The highest BCUT2D eigenvalue weighted by Crippen LogP contribution is 2.08. The summed E-state index contributed by atoms with van der Waals surface area (Å²) in [6.45, 7) is 1.09. The molecule has 92 valence electrons. The molecule has 3 atom stereocenters. The summed E-state index contributed by atoms with van der Waals surface area (Å²) < 4.78 is 9.00. The van der Waals surface area contributed by atoms with E-state index in [2.05, 4.69) is 9.47 Å². The molecular formula is C8H12O8. The molecule has 3 unspecified atom stereocenters. The van der Waals surface area contributed by atoms with Crippen molar-refractivity contribution in [3.05, 3.63) is 0 Å². The van der Waals surface area contributed by atoms with Crippen LogP contribution in [0, 0.1) is 0 Å². The maximum absolute atomic E-state index is 10.7. The van der Waals surface area contributed by atoms with E-state index in [1.807, 2.05) is 0 Å². The summed E-state index contributed by atoms with van der Waals surface area (Å²) in [6.07, 6.45) is -5.09. The Labute approximate surface area is 90.4 Å². The molecule has 0 fully saturated rings. The van der Waals surface area contributed by atoms with E-state index in [-0.39, 0.29) is 0 Å². The van der Waals surface area contributed by atoms with Gasteiger partial charge in [0.2, 0.25) is 0 Å². The van der Waals surface area contributed by atoms with E-state index in [0.29, 0.717) is 0 Å². The lowest BCUT2D eigenvalue weighted by Gasteiger charge is -2.21. The van der Waals surface area contributed by atoms with Crippen molar-refractivity contribution in [2.75, 3.05) is 7.11 Å². The molecule has 0 amide bonds. The van der Waals surface area contributed by atoms with Gasteiger partial charge < -0.3 is 24.8 Å². The number of rotatable bonds is 7. The van der Waals surface area contributed by atoms with E-state index in [4.69, 9.17) is 15.3 Å². The third-order valence-electron chi connectivity index (χ3n) is 1.71. The largest absolute Gasteiger partial charge is 0.479 e. The summed E-state index contributed by atoms with van der Waals surface area (Å²) in [6, 6.07) is 0. The summed E-state index contributed by atoms with van der Waals surface area (Å²) in [5, 5.41) is 25.8. The predicted octanol–water partition coefficient (Wildman–Crippen LogP) is -0.971. The smallest absolute Gasteiger partial charge is 0.336 e. The fraction of sp³-hybridized carbons (Fsp3) is 0.625. The van der Waals surface area contributed by atoms with Gasteiger partial charge in [-0.15, -0.1) is 0 Å². The van der Waals surface area contributed by atoms with E-state index in [1.165, 1.54) is 0 Å². The maximum Gasteiger partial charge on any atom is 0.336 e. The first-order valence-electron chi connectivity index (χ1n) is 4.18. The number of aliphatic carboxylic acids is 3. The van der Waals surface area contributed by atoms with Crippen molar-refractivity contribution in [2.24, 2.45) is 0 Å². The van der Waals surface area contributed by atoms with Gasteiger partial charge in [0.1, 0.15) is 0 Å². The number of carboxylic acids is 3. The molecule has 0 heterocycles. The lowest BCUT2D eigenvalue weighted by Crippen LogP contribution is -2.45. The molecule has 8 heteroatoms. The van der Waals surface area contributed by atoms with Crippen molar-refractivity contribution < 1.29 is 39.2 Å². The quantitative estimate of drug-likeness (QED) is 0.514. The highest BCUT2D eigenvalue weighted by molar-refractivity contribution is 5.84. The van der Waals surface area contributed by atoms with Crippen LogP contribution in [0.3, 0.4) is 0 Å². The first kappa shape index (κ1) is 14.3. The molecular weight excluding hydrogens is 224 g/mol. The minimum Gasteiger partial charge on any atom is -0.479 e. The van der Waals surface area contributed by atoms with E-state index >= 15 is 0 Å². The maximum atomic E-state index is 10.7. The Bertz CT molecular complexity index is 286. The second-order valence-corrected chi connectivity index (χ2v) is 2.87. The molecule has 8 nitrogen and oxygen atoms in total. The van der Waals surface area contributed by atoms with E-state index in [9.17, 15) is 14.4 Å². The van der Waals surface area contributed by atoms with Gasteiger partial charge >= 0.3 is 17.9 Å². The van der Waals surface area contributed by atoms with E-state index in [1.54, 1.807) is 0 Å². The number of ether oxygens (including phenoxy) is 2. The first-order valence-corrected chi connectivity index (χ1v) is 4.18. The van der Waals surface area contributed by atoms with Crippen LogP contribution in [0.1, 0.15) is 6.92 Å². The SMILES string of the molecule is COC(C(=O)O)C(OC(C)C(=O)O)C(=O)O. The van der Waals surface area contributed by atoms with Crippen LogP contribution in [0.5, 0.6) is 0 Å². The fourth-order valence-corrected chi connectivity index (χ4v) is 0.891. The number of methoxy groups -OCH3 is 1. The van der Waals surface area contributed by atoms with Gasteiger partial charge in [0, 0.05) is 7.11 Å². The average Bonchev–Trinajstić information content (AvgIpc) is 2.16. The molecule has 0 aliphatic rings. The standard InChI is InChI=1S/C8H12O8/c1-3(6(9)10)16-5(8(13)14)4(15-2)7(11)12/h3-5H,1-2H3,(H,9,10)(H,11,12)(H,13,14). The average molecular weight is 236 g/mol. The topological polar surface area (TPSA) is 130 Å². The normalized spacial score (nSPS) is 16.1. The van der Waals surface area contributed by atoms with Crippen molar-refractivity contribution in [2.45, 2.75) is 25.2 Å². The van der Waals surface area contributed by atoms with Gasteiger partial charge in [-0.25, -0.2) is 14.4 Å². The molecule has 16 heavy (non-hydrogen) atoms. The highest BCUT2D eigenvalue weighted by Gasteiger charge is 2.37. The Morgan fingerprint density at radius 3 is 1.62 bits per heavy atom. The van der Waals surface area contributed by atoms with Crippen molar-refractivity contribution >= 4 is 17.9 Å². The third-order valence-corrected chi connectivity index (χ3v) is 1.71. The monoisotopic (exact) mass is 236 g/mol. The zero-order chi connectivity index (χ0) is 12.9. The Kier molecular flexibility index (Phi) is 5.40. The lowest BCUT2D eigenvalue weighted by molar-refractivity contribution is -0.183. The van der Waals surface area contributed by atoms with Crippen LogP contribution in [-0.4, -0.2) is 58.6 Å². The van der Waals surface area contributed by atoms with E-state index < -0.39 is 36.2 Å². The van der Waals surface area contributed by atoms with Crippen LogP contribution in [0.25, 0.3) is 0 Å². The summed E-state index contributed by atoms with van der Waals surface area (Å²) in [4.78, 5) is 31.7. The molecule has 0 rings (SSSR count). The van der Waals surface area contributed by atoms with Gasteiger partial charge in [0.25, 0.3) is 0 Å². The molecule has 0 aromatic heterocycles. The van der Waals surface area contributed by atoms with Crippen molar-refractivity contribution in [3.63, 3.8) is 0 Å². The molecule has 0 aliphatic heterocycles. The van der Waals surface area contributed by atoms with Crippen LogP contribution < -0.4 is 0 Å². The molecule has 0 radical (unpaired) electrons. The van der Waals surface area contributed by atoms with Crippen molar-refractivity contribution in [1.82, 2.24) is 0 Å². The van der Waals surface area contributed by atoms with Crippen LogP contribution in [-0.2, 0) is 23.9 Å². The summed E-state index contributed by atoms with van der Waals surface area (Å²) in [7, 11) is 0.990. The molecule has 0 bridgehead atoms. The first-order chi connectivity index (χ1) is 7.31. The van der Waals surface area contributed by atoms with Gasteiger partial charge in [-0.05, 0) is 6.92 Å². The fourth-order valence-electron chi connectivity index (χ4n) is 0.891. The second kappa shape index (κ2) is 6.03. The number of carbonyl (C=O) groups is 3. The Morgan fingerprint density at radius 1 is 0.938 bits per heavy atom. The molecule has 0 saturated heterocycles. The van der Waals surface area contributed by atoms with Crippen molar-refractivity contribution in [1.29, 1.82) is 0 Å². The zero-order valence-corrected chi connectivity index (χ0v) is 8.61. The Balaban J connectivity index is 4.79. The zero-order valence-electron chi connectivity index (χ0n) is 8.61. The lowest BCUT2D eigenvalue weighted by atomic mass is 10.2. The van der Waals surface area contributed by atoms with Crippen LogP contribution >= 0.6 is 0 Å². The highest BCUT2D eigenvalue weighted by atomic mass is 16.6. The Morgan fingerprint density at radius 2 is 1.38 bits per heavy atom. The van der Waals surface area contributed by atoms with Crippen molar-refractivity contribution in [3.8, 4) is 0 Å². The molecule has 0 aromatic rings. The molecule has 0 aliphatic carbocycles. The summed E-state index contributed by atoms with van der Waals surface area (Å²) in [5.74, 6) is -4.55. The molecule has 0 aromatic carbocycles. The van der Waals surface area contributed by atoms with Gasteiger partial charge in [0.05, 0.1) is 0 Å². The van der Waals surface area contributed by atoms with Gasteiger partial charge in [-0.2, -0.15) is 0 Å². The minimum absolute atomic E-state index is 0.990. The molecule has 3 N–H and O–H groups in total. The van der Waals surface area contributed by atoms with Crippen LogP contribution in [0.4, 0.5) is 0 Å². The van der Waals surface area contributed by atoms with Crippen LogP contribution in [0.2, 0.25) is 0 Å². The Hall–Kier alpha value is -1.67. The second-order valence-electron chi connectivity index (χ2n) is 2.87. The van der Waals surface area contributed by atoms with Crippen LogP contribution in [0.15, 0.2) is 0 Å². The van der Waals surface area contributed by atoms with Gasteiger partial charge in [0.15, 0.2) is 18.3 Å². The van der Waals surface area contributed by atoms with Gasteiger partial charge in [-0.3, -0.25) is 0 Å². The number of hydrogen-bond acceptors (Lipinski definition) is 5. The minimum atomic E-state index is -1.88. The summed E-state index contributed by atoms with van der Waals surface area (Å²) in [5.41, 5.74) is 0. The number of carboxylic acid groups (broad SMARTS) is 3. The molecule has 0 saturated carbocycles. The van der Waals surface area contributed by atoms with E-state index in [0.717, 1.165) is 14.0 Å². The summed E-state index contributed by atoms with van der Waals surface area (Å²) >= 11 is 0. The number of hydrogen-bond donors (Lipinski definition) is 3.